The number of anilines is 1. The molecule has 0 spiro atoms. The minimum absolute atomic E-state index is 0.178. The van der Waals surface area contributed by atoms with Gasteiger partial charge >= 0.3 is 5.69 Å². The highest BCUT2D eigenvalue weighted by Crippen LogP contribution is 2.36. The molecule has 3 rings (SSSR count). The van der Waals surface area contributed by atoms with Crippen molar-refractivity contribution in [1.29, 1.82) is 0 Å². The normalized spacial score (nSPS) is 11.1. The van der Waals surface area contributed by atoms with Crippen molar-refractivity contribution < 1.29 is 14.3 Å². The zero-order chi connectivity index (χ0) is 23.6. The summed E-state index contributed by atoms with van der Waals surface area (Å²) >= 11 is 0. The fourth-order valence-corrected chi connectivity index (χ4v) is 3.27. The van der Waals surface area contributed by atoms with E-state index in [9.17, 15) is 19.2 Å². The van der Waals surface area contributed by atoms with Crippen molar-refractivity contribution in [2.24, 2.45) is 5.73 Å². The molecule has 0 aliphatic heterocycles. The molecule has 0 unspecified atom stereocenters. The van der Waals surface area contributed by atoms with E-state index in [0.717, 1.165) is 0 Å². The first-order chi connectivity index (χ1) is 15.0. The molecule has 1 heterocycles. The lowest BCUT2D eigenvalue weighted by atomic mass is 9.84. The smallest absolute Gasteiger partial charge is 0.332 e. The number of aromatic amines is 1. The molecule has 2 amide bonds. The molecule has 1 aromatic heterocycles. The summed E-state index contributed by atoms with van der Waals surface area (Å²) in [4.78, 5) is 50.7. The first-order valence-corrected chi connectivity index (χ1v) is 9.77. The van der Waals surface area contributed by atoms with E-state index >= 15 is 0 Å². The number of nitrogens with two attached hydrogens (primary N) is 1. The molecular weight excluding hydrogens is 412 g/mol. The van der Waals surface area contributed by atoms with Crippen LogP contribution in [-0.4, -0.2) is 28.5 Å². The Morgan fingerprint density at radius 1 is 1.09 bits per heavy atom. The van der Waals surface area contributed by atoms with Crippen molar-refractivity contribution in [2.75, 3.05) is 12.4 Å². The molecule has 166 valence electrons. The number of methoxy groups -OCH3 is 1. The standard InChI is InChI=1S/C23H24N4O5/c1-23(2,3)17-12-15(27-9-8-18(28)26-22(27)31)11-16(19(17)32-4)21(30)25-14-7-5-6-13(10-14)20(24)29/h5-12H,1-4H3,(H2,24,29)(H,25,30)(H,26,28,31). The van der Waals surface area contributed by atoms with Crippen molar-refractivity contribution >= 4 is 17.5 Å². The van der Waals surface area contributed by atoms with Gasteiger partial charge in [-0.15, -0.1) is 0 Å². The molecule has 0 saturated carbocycles. The Kier molecular flexibility index (Phi) is 6.02. The van der Waals surface area contributed by atoms with Crippen molar-refractivity contribution in [3.63, 3.8) is 0 Å². The van der Waals surface area contributed by atoms with Gasteiger partial charge in [-0.1, -0.05) is 26.8 Å². The topological polar surface area (TPSA) is 136 Å². The number of nitrogens with one attached hydrogen (secondary N) is 2. The second-order valence-corrected chi connectivity index (χ2v) is 8.20. The summed E-state index contributed by atoms with van der Waals surface area (Å²) in [5.41, 5.74) is 5.59. The lowest BCUT2D eigenvalue weighted by Gasteiger charge is -2.25. The number of primary amides is 1. The van der Waals surface area contributed by atoms with Crippen LogP contribution in [0.4, 0.5) is 5.69 Å². The highest BCUT2D eigenvalue weighted by atomic mass is 16.5. The number of nitrogens with zero attached hydrogens (tertiary/aromatic N) is 1. The highest BCUT2D eigenvalue weighted by Gasteiger charge is 2.26. The first-order valence-electron chi connectivity index (χ1n) is 9.77. The van der Waals surface area contributed by atoms with Gasteiger partial charge in [0.15, 0.2) is 0 Å². The van der Waals surface area contributed by atoms with Gasteiger partial charge in [0.2, 0.25) is 5.91 Å². The molecule has 4 N–H and O–H groups in total. The predicted molar refractivity (Wildman–Crippen MR) is 121 cm³/mol. The van der Waals surface area contributed by atoms with E-state index in [-0.39, 0.29) is 11.1 Å². The molecule has 9 heteroatoms. The molecule has 0 radical (unpaired) electrons. The van der Waals surface area contributed by atoms with Gasteiger partial charge in [-0.2, -0.15) is 0 Å². The molecule has 0 aliphatic carbocycles. The van der Waals surface area contributed by atoms with Crippen molar-refractivity contribution in [3.8, 4) is 11.4 Å². The maximum Gasteiger partial charge on any atom is 0.332 e. The van der Waals surface area contributed by atoms with E-state index < -0.39 is 28.5 Å². The molecule has 0 aliphatic rings. The van der Waals surface area contributed by atoms with Crippen LogP contribution in [0.2, 0.25) is 0 Å². The minimum Gasteiger partial charge on any atom is -0.496 e. The Balaban J connectivity index is 2.18. The van der Waals surface area contributed by atoms with E-state index in [2.05, 4.69) is 10.3 Å². The Morgan fingerprint density at radius 2 is 1.81 bits per heavy atom. The molecule has 0 saturated heterocycles. The summed E-state index contributed by atoms with van der Waals surface area (Å²) in [5.74, 6) is -0.774. The summed E-state index contributed by atoms with van der Waals surface area (Å²) in [6, 6.07) is 10.7. The van der Waals surface area contributed by atoms with E-state index in [1.165, 1.54) is 36.1 Å². The predicted octanol–water partition coefficient (Wildman–Crippen LogP) is 2.18. The number of carbonyl (C=O) groups excluding carboxylic acids is 2. The number of aromatic nitrogens is 2. The molecule has 0 bridgehead atoms. The number of amides is 2. The van der Waals surface area contributed by atoms with Crippen molar-refractivity contribution in [2.45, 2.75) is 26.2 Å². The summed E-state index contributed by atoms with van der Waals surface area (Å²) in [6.45, 7) is 5.84. The van der Waals surface area contributed by atoms with Crippen LogP contribution in [0, 0.1) is 0 Å². The first kappa shape index (κ1) is 22.5. The van der Waals surface area contributed by atoms with Crippen LogP contribution in [-0.2, 0) is 5.41 Å². The number of carbonyl (C=O) groups is 2. The third kappa shape index (κ3) is 4.61. The number of benzene rings is 2. The Morgan fingerprint density at radius 3 is 2.41 bits per heavy atom. The van der Waals surface area contributed by atoms with Gasteiger partial charge in [0, 0.05) is 29.1 Å². The summed E-state index contributed by atoms with van der Waals surface area (Å²) in [6.07, 6.45) is 1.34. The molecule has 2 aromatic carbocycles. The number of hydrogen-bond acceptors (Lipinski definition) is 5. The quantitative estimate of drug-likeness (QED) is 0.563. The Hall–Kier alpha value is -4.14. The van der Waals surface area contributed by atoms with Crippen LogP contribution in [0.3, 0.4) is 0 Å². The zero-order valence-electron chi connectivity index (χ0n) is 18.2. The molecular formula is C23H24N4O5. The highest BCUT2D eigenvalue weighted by molar-refractivity contribution is 6.07. The fourth-order valence-electron chi connectivity index (χ4n) is 3.27. The largest absolute Gasteiger partial charge is 0.496 e. The number of rotatable bonds is 5. The third-order valence-electron chi connectivity index (χ3n) is 4.84. The Labute approximate surface area is 183 Å². The van der Waals surface area contributed by atoms with Gasteiger partial charge < -0.3 is 15.8 Å². The summed E-state index contributed by atoms with van der Waals surface area (Å²) in [5, 5.41) is 2.74. The van der Waals surface area contributed by atoms with Gasteiger partial charge in [0.25, 0.3) is 11.5 Å². The summed E-state index contributed by atoms with van der Waals surface area (Å²) in [7, 11) is 1.46. The minimum atomic E-state index is -0.636. The molecule has 3 aromatic rings. The summed E-state index contributed by atoms with van der Waals surface area (Å²) < 4.78 is 6.82. The SMILES string of the molecule is COc1c(C(=O)Nc2cccc(C(N)=O)c2)cc(-n2ccc(=O)[nH]c2=O)cc1C(C)(C)C. The molecule has 0 atom stereocenters. The van der Waals surface area contributed by atoms with Gasteiger partial charge in [0.1, 0.15) is 5.75 Å². The van der Waals surface area contributed by atoms with Crippen LogP contribution < -0.4 is 27.0 Å². The monoisotopic (exact) mass is 436 g/mol. The van der Waals surface area contributed by atoms with Crippen molar-refractivity contribution in [3.05, 3.63) is 86.2 Å². The van der Waals surface area contributed by atoms with E-state index in [0.29, 0.717) is 22.7 Å². The van der Waals surface area contributed by atoms with Gasteiger partial charge in [0.05, 0.1) is 18.4 Å². The maximum atomic E-state index is 13.2. The van der Waals surface area contributed by atoms with Gasteiger partial charge in [-0.25, -0.2) is 4.79 Å². The van der Waals surface area contributed by atoms with Crippen LogP contribution in [0.5, 0.6) is 5.75 Å². The van der Waals surface area contributed by atoms with Crippen molar-refractivity contribution in [1.82, 2.24) is 9.55 Å². The van der Waals surface area contributed by atoms with E-state index in [4.69, 9.17) is 10.5 Å². The molecule has 0 fully saturated rings. The zero-order valence-corrected chi connectivity index (χ0v) is 18.2. The van der Waals surface area contributed by atoms with E-state index in [1.807, 2.05) is 20.8 Å². The number of ether oxygens (including phenoxy) is 1. The van der Waals surface area contributed by atoms with Crippen LogP contribution >= 0.6 is 0 Å². The van der Waals surface area contributed by atoms with Crippen LogP contribution in [0.15, 0.2) is 58.3 Å². The number of hydrogen-bond donors (Lipinski definition) is 3. The molecule has 9 nitrogen and oxygen atoms in total. The van der Waals surface area contributed by atoms with Gasteiger partial charge in [-0.3, -0.25) is 23.9 Å². The van der Waals surface area contributed by atoms with Crippen LogP contribution in [0.1, 0.15) is 47.1 Å². The van der Waals surface area contributed by atoms with Crippen LogP contribution in [0.25, 0.3) is 5.69 Å². The lowest BCUT2D eigenvalue weighted by Crippen LogP contribution is -2.28. The second kappa shape index (κ2) is 8.54. The average molecular weight is 436 g/mol. The number of H-pyrrole nitrogens is 1. The lowest BCUT2D eigenvalue weighted by molar-refractivity contribution is 0.0995. The Bertz CT molecular complexity index is 1310. The average Bonchev–Trinajstić information content (AvgIpc) is 2.72. The maximum absolute atomic E-state index is 13.2. The van der Waals surface area contributed by atoms with Gasteiger partial charge in [-0.05, 0) is 35.7 Å². The fraction of sp³-hybridized carbons (Fsp3) is 0.217. The molecule has 32 heavy (non-hydrogen) atoms. The third-order valence-corrected chi connectivity index (χ3v) is 4.84. The second-order valence-electron chi connectivity index (χ2n) is 8.20. The van der Waals surface area contributed by atoms with E-state index in [1.54, 1.807) is 24.3 Å².